The molecule has 3 aromatic rings. The lowest BCUT2D eigenvalue weighted by atomic mass is 10.2. The zero-order chi connectivity index (χ0) is 24.7. The Morgan fingerprint density at radius 3 is 2.24 bits per heavy atom. The van der Waals surface area contributed by atoms with Crippen LogP contribution in [0.4, 0.5) is 11.4 Å². The first-order valence-electron chi connectivity index (χ1n) is 10.3. The fraction of sp³-hybridized carbons (Fsp3) is 0.217. The van der Waals surface area contributed by atoms with Crippen LogP contribution in [0.3, 0.4) is 0 Å². The van der Waals surface area contributed by atoms with Gasteiger partial charge in [0.25, 0.3) is 17.7 Å². The van der Waals surface area contributed by atoms with E-state index in [1.54, 1.807) is 42.5 Å². The third kappa shape index (κ3) is 6.33. The number of halogens is 1. The molecule has 0 saturated carbocycles. The maximum absolute atomic E-state index is 12.6. The van der Waals surface area contributed by atoms with Crippen molar-refractivity contribution in [3.05, 3.63) is 70.8 Å². The Morgan fingerprint density at radius 2 is 1.65 bits per heavy atom. The molecule has 0 unspecified atom stereocenters. The van der Waals surface area contributed by atoms with Crippen LogP contribution in [0.15, 0.2) is 48.8 Å². The molecular formula is C23H25ClN6O4. The van der Waals surface area contributed by atoms with Crippen molar-refractivity contribution in [2.24, 2.45) is 0 Å². The highest BCUT2D eigenvalue weighted by Gasteiger charge is 2.19. The highest BCUT2D eigenvalue weighted by Crippen LogP contribution is 2.24. The first kappa shape index (κ1) is 24.7. The molecule has 0 atom stereocenters. The number of imidazole rings is 1. The van der Waals surface area contributed by atoms with Crippen molar-refractivity contribution in [3.63, 3.8) is 0 Å². The van der Waals surface area contributed by atoms with E-state index in [1.165, 1.54) is 13.4 Å². The van der Waals surface area contributed by atoms with Gasteiger partial charge in [-0.25, -0.2) is 4.98 Å². The number of likely N-dealkylation sites (N-methyl/N-ethyl adjacent to an activating group) is 1. The standard InChI is InChI=1S/C23H25ClN6O4/c1-25-22(32)19-20(27-13-26-19)23(33)29-15-6-4-14(5-7-15)28-21(31)17-9-8-16(12-18(17)24)34-11-10-30(2)3/h4-9,12-13H,10-11H2,1-3H3,(H,25,32)(H,26,27)(H,28,31)(H,29,33). The normalized spacial score (nSPS) is 10.6. The number of carbonyl (C=O) groups is 3. The number of benzene rings is 2. The lowest BCUT2D eigenvalue weighted by Gasteiger charge is -2.12. The van der Waals surface area contributed by atoms with Crippen LogP contribution in [0.25, 0.3) is 0 Å². The number of hydrogen-bond donors (Lipinski definition) is 4. The lowest BCUT2D eigenvalue weighted by Crippen LogP contribution is -2.23. The molecule has 0 aliphatic rings. The van der Waals surface area contributed by atoms with Gasteiger partial charge in [0.2, 0.25) is 0 Å². The summed E-state index contributed by atoms with van der Waals surface area (Å²) >= 11 is 6.27. The number of nitrogens with zero attached hydrogens (tertiary/aromatic N) is 2. The van der Waals surface area contributed by atoms with E-state index >= 15 is 0 Å². The summed E-state index contributed by atoms with van der Waals surface area (Å²) in [7, 11) is 5.36. The van der Waals surface area contributed by atoms with Gasteiger partial charge in [0.05, 0.1) is 16.9 Å². The number of aromatic nitrogens is 2. The van der Waals surface area contributed by atoms with Crippen molar-refractivity contribution < 1.29 is 19.1 Å². The van der Waals surface area contributed by atoms with E-state index in [0.29, 0.717) is 29.3 Å². The van der Waals surface area contributed by atoms with Crippen molar-refractivity contribution in [2.45, 2.75) is 0 Å². The molecule has 10 nitrogen and oxygen atoms in total. The quantitative estimate of drug-likeness (QED) is 0.369. The summed E-state index contributed by atoms with van der Waals surface area (Å²) < 4.78 is 5.63. The SMILES string of the molecule is CNC(=O)c1[nH]cnc1C(=O)Nc1ccc(NC(=O)c2ccc(OCCN(C)C)cc2Cl)cc1. The van der Waals surface area contributed by atoms with E-state index in [2.05, 4.69) is 25.9 Å². The summed E-state index contributed by atoms with van der Waals surface area (Å²) in [4.78, 5) is 45.4. The van der Waals surface area contributed by atoms with Gasteiger partial charge >= 0.3 is 0 Å². The minimum absolute atomic E-state index is 0.0273. The van der Waals surface area contributed by atoms with Gasteiger partial charge in [0.15, 0.2) is 5.69 Å². The number of H-pyrrole nitrogens is 1. The molecule has 178 valence electrons. The topological polar surface area (TPSA) is 128 Å². The molecule has 0 radical (unpaired) electrons. The average Bonchev–Trinajstić information content (AvgIpc) is 3.30. The lowest BCUT2D eigenvalue weighted by molar-refractivity contribution is 0.0943. The molecule has 1 heterocycles. The Hall–Kier alpha value is -3.89. The first-order chi connectivity index (χ1) is 16.3. The van der Waals surface area contributed by atoms with Gasteiger partial charge in [-0.2, -0.15) is 0 Å². The van der Waals surface area contributed by atoms with Crippen LogP contribution >= 0.6 is 11.6 Å². The van der Waals surface area contributed by atoms with Gasteiger partial charge in [-0.3, -0.25) is 14.4 Å². The van der Waals surface area contributed by atoms with E-state index in [4.69, 9.17) is 16.3 Å². The van der Waals surface area contributed by atoms with E-state index < -0.39 is 11.8 Å². The largest absolute Gasteiger partial charge is 0.492 e. The number of rotatable bonds is 9. The van der Waals surface area contributed by atoms with Crippen molar-refractivity contribution in [3.8, 4) is 5.75 Å². The molecule has 0 spiro atoms. The molecule has 34 heavy (non-hydrogen) atoms. The smallest absolute Gasteiger partial charge is 0.276 e. The van der Waals surface area contributed by atoms with Gasteiger partial charge in [-0.1, -0.05) is 11.6 Å². The minimum Gasteiger partial charge on any atom is -0.492 e. The fourth-order valence-corrected chi connectivity index (χ4v) is 3.16. The Morgan fingerprint density at radius 1 is 1.00 bits per heavy atom. The second-order valence-corrected chi connectivity index (χ2v) is 7.89. The van der Waals surface area contributed by atoms with E-state index in [1.807, 2.05) is 19.0 Å². The van der Waals surface area contributed by atoms with Gasteiger partial charge in [-0.05, 0) is 56.6 Å². The summed E-state index contributed by atoms with van der Waals surface area (Å²) in [5, 5.41) is 8.14. The van der Waals surface area contributed by atoms with Gasteiger partial charge in [0.1, 0.15) is 18.1 Å². The van der Waals surface area contributed by atoms with Crippen LogP contribution < -0.4 is 20.7 Å². The number of nitrogens with one attached hydrogen (secondary N) is 4. The summed E-state index contributed by atoms with van der Waals surface area (Å²) in [5.74, 6) is -0.794. The molecular weight excluding hydrogens is 460 g/mol. The fourth-order valence-electron chi connectivity index (χ4n) is 2.91. The van der Waals surface area contributed by atoms with Gasteiger partial charge in [0, 0.05) is 25.0 Å². The summed E-state index contributed by atoms with van der Waals surface area (Å²) in [6.45, 7) is 1.26. The summed E-state index contributed by atoms with van der Waals surface area (Å²) in [6, 6.07) is 11.4. The van der Waals surface area contributed by atoms with Crippen LogP contribution in [-0.2, 0) is 0 Å². The summed E-state index contributed by atoms with van der Waals surface area (Å²) in [6.07, 6.45) is 1.27. The number of aromatic amines is 1. The van der Waals surface area contributed by atoms with Crippen LogP contribution in [0.5, 0.6) is 5.75 Å². The van der Waals surface area contributed by atoms with Gasteiger partial charge < -0.3 is 30.6 Å². The highest BCUT2D eigenvalue weighted by atomic mass is 35.5. The van der Waals surface area contributed by atoms with Crippen LogP contribution in [0.1, 0.15) is 31.3 Å². The first-order valence-corrected chi connectivity index (χ1v) is 10.7. The zero-order valence-electron chi connectivity index (χ0n) is 18.9. The number of anilines is 2. The summed E-state index contributed by atoms with van der Waals surface area (Å²) in [5.41, 5.74) is 1.32. The third-order valence-electron chi connectivity index (χ3n) is 4.70. The predicted molar refractivity (Wildman–Crippen MR) is 130 cm³/mol. The van der Waals surface area contributed by atoms with Crippen LogP contribution in [-0.4, -0.2) is 66.9 Å². The zero-order valence-corrected chi connectivity index (χ0v) is 19.7. The minimum atomic E-state index is -0.545. The van der Waals surface area contributed by atoms with Crippen molar-refractivity contribution in [1.82, 2.24) is 20.2 Å². The second kappa shape index (κ2) is 11.3. The van der Waals surface area contributed by atoms with Gasteiger partial charge in [-0.15, -0.1) is 0 Å². The number of amides is 3. The monoisotopic (exact) mass is 484 g/mol. The molecule has 0 bridgehead atoms. The third-order valence-corrected chi connectivity index (χ3v) is 5.01. The van der Waals surface area contributed by atoms with Crippen molar-refractivity contribution >= 4 is 40.7 Å². The molecule has 3 rings (SSSR count). The molecule has 2 aromatic carbocycles. The highest BCUT2D eigenvalue weighted by molar-refractivity contribution is 6.34. The molecule has 0 aliphatic carbocycles. The second-order valence-electron chi connectivity index (χ2n) is 7.48. The molecule has 0 aliphatic heterocycles. The maximum Gasteiger partial charge on any atom is 0.276 e. The molecule has 1 aromatic heterocycles. The molecule has 3 amide bonds. The predicted octanol–water partition coefficient (Wildman–Crippen LogP) is 2.87. The molecule has 0 saturated heterocycles. The number of ether oxygens (including phenoxy) is 1. The Kier molecular flexibility index (Phi) is 8.23. The Balaban J connectivity index is 1.60. The molecule has 4 N–H and O–H groups in total. The van der Waals surface area contributed by atoms with E-state index in [-0.39, 0.29) is 22.3 Å². The van der Waals surface area contributed by atoms with Crippen molar-refractivity contribution in [2.75, 3.05) is 44.9 Å². The van der Waals surface area contributed by atoms with Crippen LogP contribution in [0.2, 0.25) is 5.02 Å². The van der Waals surface area contributed by atoms with Crippen LogP contribution in [0, 0.1) is 0 Å². The maximum atomic E-state index is 12.6. The number of carbonyl (C=O) groups excluding carboxylic acids is 3. The Bertz CT molecular complexity index is 1180. The Labute approximate surface area is 201 Å². The van der Waals surface area contributed by atoms with Crippen molar-refractivity contribution in [1.29, 1.82) is 0 Å². The van der Waals surface area contributed by atoms with E-state index in [0.717, 1.165) is 6.54 Å². The average molecular weight is 485 g/mol. The number of hydrogen-bond acceptors (Lipinski definition) is 6. The molecule has 0 fully saturated rings. The molecule has 11 heteroatoms. The van der Waals surface area contributed by atoms with E-state index in [9.17, 15) is 14.4 Å².